The minimum atomic E-state index is 0.413. The van der Waals surface area contributed by atoms with Crippen LogP contribution in [0, 0.1) is 5.92 Å². The van der Waals surface area contributed by atoms with Crippen molar-refractivity contribution >= 4 is 0 Å². The maximum atomic E-state index is 5.72. The second-order valence-corrected chi connectivity index (χ2v) is 4.61. The zero-order chi connectivity index (χ0) is 9.97. The summed E-state index contributed by atoms with van der Waals surface area (Å²) in [6.45, 7) is 9.82. The third-order valence-electron chi connectivity index (χ3n) is 3.39. The lowest BCUT2D eigenvalue weighted by atomic mass is 10.2. The fourth-order valence-electron chi connectivity index (χ4n) is 2.08. The monoisotopic (exact) mass is 198 g/mol. The Bertz CT molecular complexity index is 186. The van der Waals surface area contributed by atoms with E-state index in [4.69, 9.17) is 4.74 Å². The summed E-state index contributed by atoms with van der Waals surface area (Å²) in [7, 11) is 0. The van der Waals surface area contributed by atoms with E-state index >= 15 is 0 Å². The second kappa shape index (κ2) is 4.60. The summed E-state index contributed by atoms with van der Waals surface area (Å²) in [6.07, 6.45) is 1.76. The molecule has 1 saturated heterocycles. The molecule has 3 atom stereocenters. The third kappa shape index (κ3) is 2.69. The molecule has 0 radical (unpaired) electrons. The Morgan fingerprint density at radius 3 is 2.93 bits per heavy atom. The van der Waals surface area contributed by atoms with E-state index in [0.717, 1.165) is 44.7 Å². The van der Waals surface area contributed by atoms with Gasteiger partial charge in [-0.2, -0.15) is 0 Å². The van der Waals surface area contributed by atoms with Crippen molar-refractivity contribution in [3.05, 3.63) is 0 Å². The highest BCUT2D eigenvalue weighted by atomic mass is 16.5. The van der Waals surface area contributed by atoms with Crippen molar-refractivity contribution in [2.24, 2.45) is 5.92 Å². The fraction of sp³-hybridized carbons (Fsp3) is 1.00. The summed E-state index contributed by atoms with van der Waals surface area (Å²) >= 11 is 0. The predicted molar refractivity (Wildman–Crippen MR) is 57.4 cm³/mol. The van der Waals surface area contributed by atoms with Crippen LogP contribution in [0.3, 0.4) is 0 Å². The van der Waals surface area contributed by atoms with E-state index in [1.165, 1.54) is 6.42 Å². The average molecular weight is 198 g/mol. The van der Waals surface area contributed by atoms with Gasteiger partial charge in [0.15, 0.2) is 0 Å². The van der Waals surface area contributed by atoms with Gasteiger partial charge in [0, 0.05) is 25.7 Å². The van der Waals surface area contributed by atoms with Crippen molar-refractivity contribution in [3.63, 3.8) is 0 Å². The van der Waals surface area contributed by atoms with Crippen LogP contribution in [0.4, 0.5) is 0 Å². The van der Waals surface area contributed by atoms with Gasteiger partial charge in [0.25, 0.3) is 0 Å². The lowest BCUT2D eigenvalue weighted by Gasteiger charge is -2.32. The molecule has 0 bridgehead atoms. The van der Waals surface area contributed by atoms with Crippen LogP contribution in [-0.4, -0.2) is 49.8 Å². The maximum absolute atomic E-state index is 5.72. The van der Waals surface area contributed by atoms with Gasteiger partial charge in [-0.05, 0) is 18.9 Å². The first-order valence-electron chi connectivity index (χ1n) is 5.87. The van der Waals surface area contributed by atoms with Crippen molar-refractivity contribution in [2.75, 3.05) is 32.8 Å². The zero-order valence-electron chi connectivity index (χ0n) is 9.33. The van der Waals surface area contributed by atoms with Gasteiger partial charge in [-0.15, -0.1) is 0 Å². The van der Waals surface area contributed by atoms with Crippen LogP contribution in [0.2, 0.25) is 0 Å². The molecule has 3 heteroatoms. The predicted octanol–water partition coefficient (Wildman–Crippen LogP) is 0.705. The van der Waals surface area contributed by atoms with Crippen LogP contribution in [0.1, 0.15) is 20.3 Å². The van der Waals surface area contributed by atoms with E-state index in [0.29, 0.717) is 6.10 Å². The molecule has 0 amide bonds. The Morgan fingerprint density at radius 2 is 2.29 bits per heavy atom. The molecule has 82 valence electrons. The van der Waals surface area contributed by atoms with Crippen LogP contribution < -0.4 is 5.32 Å². The number of rotatable bonds is 4. The van der Waals surface area contributed by atoms with Crippen molar-refractivity contribution in [2.45, 2.75) is 32.4 Å². The molecule has 0 aromatic heterocycles. The van der Waals surface area contributed by atoms with E-state index in [9.17, 15) is 0 Å². The first-order chi connectivity index (χ1) is 6.79. The maximum Gasteiger partial charge on any atom is 0.0826 e. The molecule has 1 saturated carbocycles. The number of nitrogens with zero attached hydrogens (tertiary/aromatic N) is 1. The normalized spacial score (nSPS) is 38.6. The molecular weight excluding hydrogens is 176 g/mol. The van der Waals surface area contributed by atoms with Crippen LogP contribution in [0.25, 0.3) is 0 Å². The Kier molecular flexibility index (Phi) is 3.42. The van der Waals surface area contributed by atoms with Crippen molar-refractivity contribution in [1.29, 1.82) is 0 Å². The van der Waals surface area contributed by atoms with Crippen LogP contribution >= 0.6 is 0 Å². The standard InChI is InChI=1S/C11H22N2O/c1-3-13-4-5-14-10(8-13)7-12-11-6-9(11)2/h9-12H,3-8H2,1-2H3. The second-order valence-electron chi connectivity index (χ2n) is 4.61. The van der Waals surface area contributed by atoms with Gasteiger partial charge in [0.05, 0.1) is 12.7 Å². The first kappa shape index (κ1) is 10.4. The van der Waals surface area contributed by atoms with E-state index < -0.39 is 0 Å². The molecular formula is C11H22N2O. The number of ether oxygens (including phenoxy) is 1. The third-order valence-corrected chi connectivity index (χ3v) is 3.39. The molecule has 2 rings (SSSR count). The molecule has 3 unspecified atom stereocenters. The van der Waals surface area contributed by atoms with E-state index in [1.807, 2.05) is 0 Å². The average Bonchev–Trinajstić information content (AvgIpc) is 2.92. The molecule has 1 aliphatic carbocycles. The van der Waals surface area contributed by atoms with E-state index in [-0.39, 0.29) is 0 Å². The van der Waals surface area contributed by atoms with Crippen LogP contribution in [0.15, 0.2) is 0 Å². The quantitative estimate of drug-likeness (QED) is 0.720. The van der Waals surface area contributed by atoms with Gasteiger partial charge in [-0.3, -0.25) is 4.90 Å². The van der Waals surface area contributed by atoms with Crippen LogP contribution in [0.5, 0.6) is 0 Å². The zero-order valence-corrected chi connectivity index (χ0v) is 9.33. The largest absolute Gasteiger partial charge is 0.374 e. The number of hydrogen-bond donors (Lipinski definition) is 1. The summed E-state index contributed by atoms with van der Waals surface area (Å²) in [5, 5.41) is 3.57. The van der Waals surface area contributed by atoms with Gasteiger partial charge in [-0.25, -0.2) is 0 Å². The molecule has 1 heterocycles. The summed E-state index contributed by atoms with van der Waals surface area (Å²) < 4.78 is 5.72. The van der Waals surface area contributed by atoms with E-state index in [1.54, 1.807) is 0 Å². The van der Waals surface area contributed by atoms with Crippen molar-refractivity contribution in [1.82, 2.24) is 10.2 Å². The van der Waals surface area contributed by atoms with Gasteiger partial charge in [-0.1, -0.05) is 13.8 Å². The molecule has 0 aromatic carbocycles. The van der Waals surface area contributed by atoms with Gasteiger partial charge >= 0.3 is 0 Å². The Hall–Kier alpha value is -0.120. The SMILES string of the molecule is CCN1CCOC(CNC2CC2C)C1. The minimum Gasteiger partial charge on any atom is -0.374 e. The number of nitrogens with one attached hydrogen (secondary N) is 1. The Labute approximate surface area is 86.8 Å². The Balaban J connectivity index is 1.64. The van der Waals surface area contributed by atoms with Gasteiger partial charge < -0.3 is 10.1 Å². The molecule has 1 N–H and O–H groups in total. The molecule has 0 aromatic rings. The summed E-state index contributed by atoms with van der Waals surface area (Å²) in [5.74, 6) is 0.890. The Morgan fingerprint density at radius 1 is 1.50 bits per heavy atom. The van der Waals surface area contributed by atoms with E-state index in [2.05, 4.69) is 24.1 Å². The summed E-state index contributed by atoms with van der Waals surface area (Å²) in [6, 6.07) is 0.774. The molecule has 0 spiro atoms. The molecule has 2 aliphatic rings. The first-order valence-corrected chi connectivity index (χ1v) is 5.87. The van der Waals surface area contributed by atoms with Gasteiger partial charge in [0.2, 0.25) is 0 Å². The van der Waals surface area contributed by atoms with Crippen molar-refractivity contribution in [3.8, 4) is 0 Å². The molecule has 1 aliphatic heterocycles. The number of hydrogen-bond acceptors (Lipinski definition) is 3. The lowest BCUT2D eigenvalue weighted by Crippen LogP contribution is -2.46. The number of morpholine rings is 1. The lowest BCUT2D eigenvalue weighted by molar-refractivity contribution is -0.0255. The van der Waals surface area contributed by atoms with Gasteiger partial charge in [0.1, 0.15) is 0 Å². The molecule has 3 nitrogen and oxygen atoms in total. The van der Waals surface area contributed by atoms with Crippen LogP contribution in [-0.2, 0) is 4.74 Å². The minimum absolute atomic E-state index is 0.413. The fourth-order valence-corrected chi connectivity index (χ4v) is 2.08. The summed E-state index contributed by atoms with van der Waals surface area (Å²) in [5.41, 5.74) is 0. The smallest absolute Gasteiger partial charge is 0.0826 e. The number of likely N-dealkylation sites (N-methyl/N-ethyl adjacent to an activating group) is 1. The molecule has 14 heavy (non-hydrogen) atoms. The summed E-state index contributed by atoms with van der Waals surface area (Å²) in [4.78, 5) is 2.46. The highest BCUT2D eigenvalue weighted by molar-refractivity contribution is 4.90. The highest BCUT2D eigenvalue weighted by Crippen LogP contribution is 2.28. The topological polar surface area (TPSA) is 24.5 Å². The van der Waals surface area contributed by atoms with Crippen molar-refractivity contribution < 1.29 is 4.74 Å². The highest BCUT2D eigenvalue weighted by Gasteiger charge is 2.32. The molecule has 2 fully saturated rings.